The Kier molecular flexibility index (Phi) is 3.61. The van der Waals surface area contributed by atoms with Crippen molar-refractivity contribution in [1.29, 1.82) is 0 Å². The third-order valence-electron chi connectivity index (χ3n) is 2.82. The number of halogens is 3. The molecule has 19 heavy (non-hydrogen) atoms. The van der Waals surface area contributed by atoms with Crippen molar-refractivity contribution in [3.8, 4) is 5.69 Å². The zero-order chi connectivity index (χ0) is 14.0. The lowest BCUT2D eigenvalue weighted by atomic mass is 10.2. The van der Waals surface area contributed by atoms with Gasteiger partial charge in [0.2, 0.25) is 0 Å². The minimum Gasteiger partial charge on any atom is -0.316 e. The Labute approximate surface area is 109 Å². The summed E-state index contributed by atoms with van der Waals surface area (Å²) in [5, 5.41) is 6.61. The lowest BCUT2D eigenvalue weighted by molar-refractivity contribution is -0.143. The Hall–Kier alpha value is -1.82. The molecule has 0 radical (unpaired) electrons. The summed E-state index contributed by atoms with van der Waals surface area (Å²) in [5.74, 6) is 0. The molecule has 0 aliphatic carbocycles. The molecule has 2 rings (SSSR count). The van der Waals surface area contributed by atoms with Crippen LogP contribution in [0.25, 0.3) is 5.69 Å². The molecular weight excluding hydrogens is 255 g/mol. The van der Waals surface area contributed by atoms with E-state index in [1.165, 1.54) is 6.20 Å². The van der Waals surface area contributed by atoms with Crippen LogP contribution in [-0.4, -0.2) is 16.8 Å². The van der Waals surface area contributed by atoms with E-state index in [0.717, 1.165) is 10.2 Å². The van der Waals surface area contributed by atoms with Gasteiger partial charge in [-0.1, -0.05) is 18.2 Å². The molecule has 0 amide bonds. The van der Waals surface area contributed by atoms with Gasteiger partial charge in [0, 0.05) is 12.1 Å². The molecule has 1 N–H and O–H groups in total. The Morgan fingerprint density at radius 2 is 1.95 bits per heavy atom. The van der Waals surface area contributed by atoms with Crippen molar-refractivity contribution in [3.05, 3.63) is 47.3 Å². The predicted octanol–water partition coefficient (Wildman–Crippen LogP) is 2.92. The highest BCUT2D eigenvalue weighted by Gasteiger charge is 2.38. The number of hydrogen-bond acceptors (Lipinski definition) is 2. The zero-order valence-corrected chi connectivity index (χ0v) is 10.6. The second-order valence-corrected chi connectivity index (χ2v) is 4.24. The van der Waals surface area contributed by atoms with E-state index in [1.807, 2.05) is 0 Å². The summed E-state index contributed by atoms with van der Waals surface area (Å²) in [7, 11) is 1.60. The predicted molar refractivity (Wildman–Crippen MR) is 66.1 cm³/mol. The second kappa shape index (κ2) is 5.05. The molecule has 1 heterocycles. The van der Waals surface area contributed by atoms with Crippen molar-refractivity contribution < 1.29 is 13.2 Å². The number of aromatic nitrogens is 2. The maximum Gasteiger partial charge on any atom is 0.433 e. The molecule has 0 bridgehead atoms. The van der Waals surface area contributed by atoms with E-state index in [4.69, 9.17) is 0 Å². The molecule has 2 aromatic rings. The number of nitrogens with zero attached hydrogens (tertiary/aromatic N) is 2. The highest BCUT2D eigenvalue weighted by Crippen LogP contribution is 2.34. The number of para-hydroxylation sites is 1. The van der Waals surface area contributed by atoms with Crippen LogP contribution >= 0.6 is 0 Å². The van der Waals surface area contributed by atoms with Gasteiger partial charge in [-0.25, -0.2) is 4.68 Å². The Balaban J connectivity index is 2.62. The minimum absolute atomic E-state index is 0.126. The van der Waals surface area contributed by atoms with Crippen LogP contribution in [0, 0.1) is 6.92 Å². The van der Waals surface area contributed by atoms with E-state index >= 15 is 0 Å². The van der Waals surface area contributed by atoms with Gasteiger partial charge >= 0.3 is 6.18 Å². The van der Waals surface area contributed by atoms with Gasteiger partial charge in [0.1, 0.15) is 0 Å². The van der Waals surface area contributed by atoms with Gasteiger partial charge in [-0.05, 0) is 25.6 Å². The van der Waals surface area contributed by atoms with Crippen molar-refractivity contribution in [3.63, 3.8) is 0 Å². The van der Waals surface area contributed by atoms with Gasteiger partial charge in [-0.15, -0.1) is 0 Å². The lowest BCUT2D eigenvalue weighted by Gasteiger charge is -2.14. The third kappa shape index (κ3) is 2.63. The largest absolute Gasteiger partial charge is 0.433 e. The average molecular weight is 269 g/mol. The van der Waals surface area contributed by atoms with Gasteiger partial charge in [0.05, 0.1) is 11.9 Å². The first-order chi connectivity index (χ1) is 8.95. The van der Waals surface area contributed by atoms with Crippen LogP contribution < -0.4 is 5.32 Å². The molecule has 0 saturated carbocycles. The fourth-order valence-corrected chi connectivity index (χ4v) is 1.99. The molecule has 1 aromatic heterocycles. The van der Waals surface area contributed by atoms with E-state index in [0.29, 0.717) is 5.69 Å². The van der Waals surface area contributed by atoms with Crippen LogP contribution in [0.4, 0.5) is 13.2 Å². The first-order valence-corrected chi connectivity index (χ1v) is 5.80. The molecule has 0 fully saturated rings. The van der Waals surface area contributed by atoms with Crippen molar-refractivity contribution in [2.24, 2.45) is 0 Å². The van der Waals surface area contributed by atoms with Crippen molar-refractivity contribution in [2.75, 3.05) is 7.05 Å². The third-order valence-corrected chi connectivity index (χ3v) is 2.82. The summed E-state index contributed by atoms with van der Waals surface area (Å²) < 4.78 is 40.5. The maximum atomic E-state index is 13.2. The van der Waals surface area contributed by atoms with Crippen LogP contribution in [0.15, 0.2) is 30.5 Å². The summed E-state index contributed by atoms with van der Waals surface area (Å²) in [6, 6.07) is 6.86. The molecule has 102 valence electrons. The van der Waals surface area contributed by atoms with E-state index in [9.17, 15) is 13.2 Å². The van der Waals surface area contributed by atoms with E-state index in [-0.39, 0.29) is 12.1 Å². The number of nitrogens with one attached hydrogen (secondary N) is 1. The lowest BCUT2D eigenvalue weighted by Crippen LogP contribution is -2.18. The number of hydrogen-bond donors (Lipinski definition) is 1. The van der Waals surface area contributed by atoms with E-state index in [2.05, 4.69) is 10.4 Å². The van der Waals surface area contributed by atoms with E-state index in [1.54, 1.807) is 38.2 Å². The Morgan fingerprint density at radius 3 is 2.53 bits per heavy atom. The molecule has 3 nitrogen and oxygen atoms in total. The monoisotopic (exact) mass is 269 g/mol. The molecule has 0 aliphatic heterocycles. The van der Waals surface area contributed by atoms with Gasteiger partial charge in [-0.3, -0.25) is 0 Å². The van der Waals surface area contributed by atoms with Crippen molar-refractivity contribution in [1.82, 2.24) is 15.1 Å². The van der Waals surface area contributed by atoms with Gasteiger partial charge < -0.3 is 5.32 Å². The smallest absolute Gasteiger partial charge is 0.316 e. The van der Waals surface area contributed by atoms with Crippen LogP contribution in [0.2, 0.25) is 0 Å². The maximum absolute atomic E-state index is 13.2. The summed E-state index contributed by atoms with van der Waals surface area (Å²) in [6.07, 6.45) is -3.18. The standard InChI is InChI=1S/C13H14F3N3/c1-9-5-3-4-6-11(9)19-12(13(14,15)16)10(7-17-2)8-18-19/h3-6,8,17H,7H2,1-2H3. The molecule has 6 heteroatoms. The Morgan fingerprint density at radius 1 is 1.26 bits per heavy atom. The number of rotatable bonds is 3. The molecule has 0 atom stereocenters. The Bertz CT molecular complexity index is 573. The molecule has 0 unspecified atom stereocenters. The summed E-state index contributed by atoms with van der Waals surface area (Å²) in [5.41, 5.74) is 0.596. The molecular formula is C13H14F3N3. The van der Waals surface area contributed by atoms with Crippen LogP contribution in [-0.2, 0) is 12.7 Å². The van der Waals surface area contributed by atoms with Crippen LogP contribution in [0.5, 0.6) is 0 Å². The SMILES string of the molecule is CNCc1cnn(-c2ccccc2C)c1C(F)(F)F. The normalized spacial score (nSPS) is 11.8. The summed E-state index contributed by atoms with van der Waals surface area (Å²) >= 11 is 0. The summed E-state index contributed by atoms with van der Waals surface area (Å²) in [6.45, 7) is 1.88. The van der Waals surface area contributed by atoms with Crippen molar-refractivity contribution >= 4 is 0 Å². The molecule has 0 spiro atoms. The number of aryl methyl sites for hydroxylation is 1. The average Bonchev–Trinajstić information content (AvgIpc) is 2.73. The highest BCUT2D eigenvalue weighted by atomic mass is 19.4. The van der Waals surface area contributed by atoms with Gasteiger partial charge in [-0.2, -0.15) is 18.3 Å². The van der Waals surface area contributed by atoms with E-state index < -0.39 is 11.9 Å². The van der Waals surface area contributed by atoms with Gasteiger partial charge in [0.15, 0.2) is 5.69 Å². The number of alkyl halides is 3. The molecule has 1 aromatic carbocycles. The first-order valence-electron chi connectivity index (χ1n) is 5.80. The van der Waals surface area contributed by atoms with Gasteiger partial charge in [0.25, 0.3) is 0 Å². The topological polar surface area (TPSA) is 29.9 Å². The van der Waals surface area contributed by atoms with Crippen molar-refractivity contribution in [2.45, 2.75) is 19.6 Å². The fourth-order valence-electron chi connectivity index (χ4n) is 1.99. The minimum atomic E-state index is -4.44. The zero-order valence-electron chi connectivity index (χ0n) is 10.6. The van der Waals surface area contributed by atoms with Crippen LogP contribution in [0.1, 0.15) is 16.8 Å². The van der Waals surface area contributed by atoms with Crippen LogP contribution in [0.3, 0.4) is 0 Å². The fraction of sp³-hybridized carbons (Fsp3) is 0.308. The molecule has 0 saturated heterocycles. The quantitative estimate of drug-likeness (QED) is 0.928. The number of benzene rings is 1. The molecule has 0 aliphatic rings. The summed E-state index contributed by atoms with van der Waals surface area (Å²) in [4.78, 5) is 0. The second-order valence-electron chi connectivity index (χ2n) is 4.24. The first kappa shape index (κ1) is 13.6. The highest BCUT2D eigenvalue weighted by molar-refractivity contribution is 5.42.